The van der Waals surface area contributed by atoms with Gasteiger partial charge in [0.25, 0.3) is 0 Å². The van der Waals surface area contributed by atoms with Gasteiger partial charge in [0.15, 0.2) is 27.2 Å². The van der Waals surface area contributed by atoms with Gasteiger partial charge < -0.3 is 14.2 Å². The number of ether oxygens (including phenoxy) is 1. The summed E-state index contributed by atoms with van der Waals surface area (Å²) < 4.78 is 48.0. The summed E-state index contributed by atoms with van der Waals surface area (Å²) in [6.07, 6.45) is 1.77. The Morgan fingerprint density at radius 3 is 2.47 bits per heavy atom. The van der Waals surface area contributed by atoms with Gasteiger partial charge in [-0.15, -0.1) is 0 Å². The van der Waals surface area contributed by atoms with E-state index in [1.54, 1.807) is 0 Å². The fourth-order valence-corrected chi connectivity index (χ4v) is 3.93. The van der Waals surface area contributed by atoms with Gasteiger partial charge in [-0.05, 0) is 31.5 Å². The largest absolute Gasteiger partial charge is 0.490 e. The Morgan fingerprint density at radius 1 is 1.20 bits per heavy atom. The number of rotatable bonds is 8. The van der Waals surface area contributed by atoms with Crippen LogP contribution in [0.2, 0.25) is 0 Å². The smallest absolute Gasteiger partial charge is 0.324 e. The lowest BCUT2D eigenvalue weighted by Crippen LogP contribution is -2.50. The van der Waals surface area contributed by atoms with Crippen LogP contribution in [0.4, 0.5) is 10.4 Å². The molecule has 0 aliphatic carbocycles. The molecule has 1 aliphatic rings. The number of benzene rings is 1. The molecule has 166 valence electrons. The highest BCUT2D eigenvalue weighted by Crippen LogP contribution is 2.22. The molecule has 0 spiro atoms. The molecule has 1 unspecified atom stereocenters. The number of hydrogen-bond acceptors (Lipinski definition) is 8. The molecule has 0 saturated carbocycles. The Balaban J connectivity index is 1.45. The maximum absolute atomic E-state index is 14.1. The summed E-state index contributed by atoms with van der Waals surface area (Å²) in [6.45, 7) is 9.84. The van der Waals surface area contributed by atoms with Gasteiger partial charge in [-0.1, -0.05) is 19.0 Å². The Labute approximate surface area is 176 Å². The van der Waals surface area contributed by atoms with Crippen LogP contribution in [-0.4, -0.2) is 68.5 Å². The van der Waals surface area contributed by atoms with E-state index in [1.165, 1.54) is 12.1 Å². The van der Waals surface area contributed by atoms with Crippen LogP contribution in [0.3, 0.4) is 0 Å². The van der Waals surface area contributed by atoms with E-state index in [0.717, 1.165) is 50.7 Å². The van der Waals surface area contributed by atoms with E-state index < -0.39 is 15.7 Å². The second-order valence-electron chi connectivity index (χ2n) is 7.96. The highest BCUT2D eigenvalue weighted by Gasteiger charge is 2.24. The lowest BCUT2D eigenvalue weighted by atomic mass is 10.2. The van der Waals surface area contributed by atoms with Crippen LogP contribution in [0, 0.1) is 5.82 Å². The molecule has 2 aromatic rings. The molecule has 1 aliphatic heterocycles. The van der Waals surface area contributed by atoms with Crippen LogP contribution >= 0.6 is 0 Å². The topological polar surface area (TPSA) is 88.8 Å². The molecular formula is C20H29FN4O4S. The van der Waals surface area contributed by atoms with Crippen molar-refractivity contribution in [1.82, 2.24) is 15.0 Å². The third kappa shape index (κ3) is 5.48. The van der Waals surface area contributed by atoms with E-state index in [0.29, 0.717) is 12.6 Å². The molecule has 1 saturated heterocycles. The molecule has 1 fully saturated rings. The Hall–Kier alpha value is -2.20. The van der Waals surface area contributed by atoms with Crippen molar-refractivity contribution >= 4 is 15.9 Å². The Bertz CT molecular complexity index is 955. The third-order valence-electron chi connectivity index (χ3n) is 5.28. The van der Waals surface area contributed by atoms with Crippen LogP contribution in [0.25, 0.3) is 0 Å². The van der Waals surface area contributed by atoms with Crippen molar-refractivity contribution < 1.29 is 22.1 Å². The standard InChI is InChI=1S/C20H29FN4O4S/c1-14(2)19-22-20(29-23-19)25-10-8-24(9-11-25)15(3)7-12-28-18-6-5-16(13-17(18)21)30(4,26)27/h5-6,13-15H,7-12H2,1-4H3. The summed E-state index contributed by atoms with van der Waals surface area (Å²) in [5.74, 6) is 0.349. The van der Waals surface area contributed by atoms with E-state index >= 15 is 0 Å². The highest BCUT2D eigenvalue weighted by atomic mass is 32.2. The molecule has 0 bridgehead atoms. The van der Waals surface area contributed by atoms with Gasteiger partial charge in [0.1, 0.15) is 0 Å². The van der Waals surface area contributed by atoms with Gasteiger partial charge in [-0.25, -0.2) is 12.8 Å². The zero-order valence-electron chi connectivity index (χ0n) is 17.8. The van der Waals surface area contributed by atoms with E-state index in [2.05, 4.69) is 26.9 Å². The van der Waals surface area contributed by atoms with Crippen molar-refractivity contribution in [1.29, 1.82) is 0 Å². The summed E-state index contributed by atoms with van der Waals surface area (Å²) in [6, 6.07) is 4.56. The summed E-state index contributed by atoms with van der Waals surface area (Å²) in [4.78, 5) is 8.84. The van der Waals surface area contributed by atoms with Crippen molar-refractivity contribution in [3.05, 3.63) is 29.8 Å². The van der Waals surface area contributed by atoms with Crippen LogP contribution < -0.4 is 9.64 Å². The molecule has 0 amide bonds. The zero-order chi connectivity index (χ0) is 21.9. The zero-order valence-corrected chi connectivity index (χ0v) is 18.7. The fraction of sp³-hybridized carbons (Fsp3) is 0.600. The summed E-state index contributed by atoms with van der Waals surface area (Å²) >= 11 is 0. The Kier molecular flexibility index (Phi) is 6.97. The first-order chi connectivity index (χ1) is 14.1. The van der Waals surface area contributed by atoms with Crippen LogP contribution in [0.15, 0.2) is 27.6 Å². The van der Waals surface area contributed by atoms with Crippen molar-refractivity contribution in [3.8, 4) is 5.75 Å². The first kappa shape index (κ1) is 22.5. The quantitative estimate of drug-likeness (QED) is 0.619. The van der Waals surface area contributed by atoms with Gasteiger partial charge in [0.2, 0.25) is 0 Å². The molecule has 3 rings (SSSR count). The minimum absolute atomic E-state index is 0.0552. The monoisotopic (exact) mass is 440 g/mol. The minimum atomic E-state index is -3.44. The van der Waals surface area contributed by atoms with Gasteiger partial charge in [-0.3, -0.25) is 4.90 Å². The molecule has 1 atom stereocenters. The molecule has 1 aromatic carbocycles. The summed E-state index contributed by atoms with van der Waals surface area (Å²) in [5.41, 5.74) is 0. The number of anilines is 1. The summed E-state index contributed by atoms with van der Waals surface area (Å²) in [5, 5.41) is 4.02. The average Bonchev–Trinajstić information content (AvgIpc) is 3.19. The van der Waals surface area contributed by atoms with E-state index in [-0.39, 0.29) is 22.6 Å². The van der Waals surface area contributed by atoms with Crippen molar-refractivity contribution in [3.63, 3.8) is 0 Å². The van der Waals surface area contributed by atoms with Crippen molar-refractivity contribution in [2.24, 2.45) is 0 Å². The van der Waals surface area contributed by atoms with E-state index in [4.69, 9.17) is 9.26 Å². The van der Waals surface area contributed by atoms with Crippen molar-refractivity contribution in [2.45, 2.75) is 44.0 Å². The maximum Gasteiger partial charge on any atom is 0.324 e. The lowest BCUT2D eigenvalue weighted by Gasteiger charge is -2.37. The SMILES string of the molecule is CC(C)c1noc(N2CCN(C(C)CCOc3ccc(S(C)(=O)=O)cc3F)CC2)n1. The second-order valence-corrected chi connectivity index (χ2v) is 9.98. The molecule has 1 aromatic heterocycles. The average molecular weight is 441 g/mol. The lowest BCUT2D eigenvalue weighted by molar-refractivity contribution is 0.162. The molecular weight excluding hydrogens is 411 g/mol. The van der Waals surface area contributed by atoms with Gasteiger partial charge in [0.05, 0.1) is 11.5 Å². The first-order valence-electron chi connectivity index (χ1n) is 10.1. The molecule has 8 nitrogen and oxygen atoms in total. The van der Waals surface area contributed by atoms with Gasteiger partial charge in [-0.2, -0.15) is 4.98 Å². The Morgan fingerprint density at radius 2 is 1.90 bits per heavy atom. The molecule has 0 radical (unpaired) electrons. The highest BCUT2D eigenvalue weighted by molar-refractivity contribution is 7.90. The molecule has 0 N–H and O–H groups in total. The number of piperazine rings is 1. The number of nitrogens with zero attached hydrogens (tertiary/aromatic N) is 4. The van der Waals surface area contributed by atoms with Crippen LogP contribution in [-0.2, 0) is 9.84 Å². The van der Waals surface area contributed by atoms with Gasteiger partial charge >= 0.3 is 6.01 Å². The number of hydrogen-bond donors (Lipinski definition) is 0. The predicted molar refractivity (Wildman–Crippen MR) is 111 cm³/mol. The number of sulfone groups is 1. The van der Waals surface area contributed by atoms with Crippen LogP contribution in [0.1, 0.15) is 38.9 Å². The maximum atomic E-state index is 14.1. The second kappa shape index (κ2) is 9.30. The number of halogens is 1. The minimum Gasteiger partial charge on any atom is -0.490 e. The molecule has 10 heteroatoms. The third-order valence-corrected chi connectivity index (χ3v) is 6.39. The first-order valence-corrected chi connectivity index (χ1v) is 12.0. The molecule has 2 heterocycles. The van der Waals surface area contributed by atoms with Crippen molar-refractivity contribution in [2.75, 3.05) is 43.9 Å². The van der Waals surface area contributed by atoms with Crippen LogP contribution in [0.5, 0.6) is 5.75 Å². The molecule has 30 heavy (non-hydrogen) atoms. The van der Waals surface area contributed by atoms with Gasteiger partial charge in [0, 0.05) is 44.4 Å². The predicted octanol–water partition coefficient (Wildman–Crippen LogP) is 2.72. The normalized spacial score (nSPS) is 16.8. The summed E-state index contributed by atoms with van der Waals surface area (Å²) in [7, 11) is -3.44. The van der Waals surface area contributed by atoms with E-state index in [1.807, 2.05) is 13.8 Å². The van der Waals surface area contributed by atoms with E-state index in [9.17, 15) is 12.8 Å². The number of aromatic nitrogens is 2. The fourth-order valence-electron chi connectivity index (χ4n) is 3.29.